The molecular weight excluding hydrogens is 250 g/mol. The van der Waals surface area contributed by atoms with Crippen molar-refractivity contribution < 1.29 is 8.76 Å². The van der Waals surface area contributed by atoms with Gasteiger partial charge in [0.15, 0.2) is 0 Å². The first-order valence-electron chi connectivity index (χ1n) is 5.89. The molecule has 4 N–H and O–H groups in total. The van der Waals surface area contributed by atoms with Gasteiger partial charge in [-0.3, -0.25) is 4.55 Å². The van der Waals surface area contributed by atoms with Crippen LogP contribution in [-0.2, 0) is 11.3 Å². The van der Waals surface area contributed by atoms with Crippen molar-refractivity contribution in [2.24, 2.45) is 0 Å². The van der Waals surface area contributed by atoms with E-state index in [1.54, 1.807) is 7.05 Å². The molecule has 1 aromatic rings. The third-order valence-electron chi connectivity index (χ3n) is 3.04. The number of hydrogen-bond acceptors (Lipinski definition) is 3. The predicted octanol–water partition coefficient (Wildman–Crippen LogP) is 1.84. The maximum Gasteiger partial charge on any atom is 0.234 e. The topological polar surface area (TPSA) is 78.6 Å². The first-order chi connectivity index (χ1) is 8.45. The van der Waals surface area contributed by atoms with E-state index in [1.165, 1.54) is 4.31 Å². The Kier molecular flexibility index (Phi) is 5.58. The zero-order chi connectivity index (χ0) is 13.7. The summed E-state index contributed by atoms with van der Waals surface area (Å²) < 4.78 is 21.5. The molecule has 0 aliphatic carbocycles. The summed E-state index contributed by atoms with van der Waals surface area (Å²) in [6, 6.07) is 5.74. The minimum atomic E-state index is -1.93. The van der Waals surface area contributed by atoms with Crippen LogP contribution in [0.2, 0.25) is 0 Å². The molecule has 0 fully saturated rings. The van der Waals surface area contributed by atoms with Gasteiger partial charge in [-0.25, -0.2) is 4.21 Å². The first kappa shape index (κ1) is 14.9. The Labute approximate surface area is 111 Å². The highest BCUT2D eigenvalue weighted by molar-refractivity contribution is 7.76. The Morgan fingerprint density at radius 1 is 1.56 bits per heavy atom. The Hall–Kier alpha value is -1.11. The van der Waals surface area contributed by atoms with Gasteiger partial charge in [0.05, 0.1) is 0 Å². The summed E-state index contributed by atoms with van der Waals surface area (Å²) in [5.41, 5.74) is 8.50. The molecule has 0 saturated carbocycles. The molecule has 0 radical (unpaired) electrons. The minimum Gasteiger partial charge on any atom is -0.399 e. The number of nitrogens with zero attached hydrogens (tertiary/aromatic N) is 1. The van der Waals surface area contributed by atoms with Gasteiger partial charge >= 0.3 is 0 Å². The van der Waals surface area contributed by atoms with Gasteiger partial charge in [-0.15, -0.1) is 0 Å². The van der Waals surface area contributed by atoms with E-state index in [0.29, 0.717) is 6.54 Å². The van der Waals surface area contributed by atoms with Crippen LogP contribution in [0.4, 0.5) is 11.4 Å². The molecule has 0 heterocycles. The van der Waals surface area contributed by atoms with Crippen LogP contribution in [0.1, 0.15) is 18.9 Å². The number of benzene rings is 1. The first-order valence-corrected chi connectivity index (χ1v) is 6.95. The minimum absolute atomic E-state index is 0.00805. The molecule has 2 atom stereocenters. The molecule has 0 saturated heterocycles. The second-order valence-electron chi connectivity index (χ2n) is 4.29. The van der Waals surface area contributed by atoms with Crippen LogP contribution in [0.3, 0.4) is 0 Å². The monoisotopic (exact) mass is 271 g/mol. The molecule has 2 unspecified atom stereocenters. The second-order valence-corrected chi connectivity index (χ2v) is 5.33. The van der Waals surface area contributed by atoms with E-state index in [0.717, 1.165) is 23.4 Å². The van der Waals surface area contributed by atoms with Gasteiger partial charge < -0.3 is 11.1 Å². The third-order valence-corrected chi connectivity index (χ3v) is 3.83. The van der Waals surface area contributed by atoms with Crippen LogP contribution in [0.25, 0.3) is 0 Å². The van der Waals surface area contributed by atoms with Crippen LogP contribution >= 0.6 is 0 Å². The van der Waals surface area contributed by atoms with E-state index < -0.39 is 11.3 Å². The molecule has 1 rings (SSSR count). The summed E-state index contributed by atoms with van der Waals surface area (Å²) >= 11 is -1.93. The van der Waals surface area contributed by atoms with Gasteiger partial charge in [0.2, 0.25) is 11.3 Å². The number of likely N-dealkylation sites (N-methyl/N-ethyl adjacent to an activating group) is 1. The number of rotatable bonds is 6. The third kappa shape index (κ3) is 3.97. The quantitative estimate of drug-likeness (QED) is 0.545. The van der Waals surface area contributed by atoms with Gasteiger partial charge in [-0.1, -0.05) is 6.92 Å². The van der Waals surface area contributed by atoms with Crippen molar-refractivity contribution in [1.29, 1.82) is 0 Å². The molecule has 0 amide bonds. The van der Waals surface area contributed by atoms with Gasteiger partial charge in [0.1, 0.15) is 0 Å². The number of aryl methyl sites for hydroxylation is 1. The summed E-state index contributed by atoms with van der Waals surface area (Å²) in [6.45, 7) is 4.55. The Morgan fingerprint density at radius 3 is 2.72 bits per heavy atom. The van der Waals surface area contributed by atoms with Crippen LogP contribution < -0.4 is 11.1 Å². The molecule has 0 aliphatic rings. The largest absolute Gasteiger partial charge is 0.399 e. The molecule has 18 heavy (non-hydrogen) atoms. The maximum atomic E-state index is 11.0. The zero-order valence-electron chi connectivity index (χ0n) is 11.0. The molecule has 1 aromatic carbocycles. The van der Waals surface area contributed by atoms with Crippen molar-refractivity contribution in [3.05, 3.63) is 23.8 Å². The Bertz CT molecular complexity index is 426. The Balaban J connectivity index is 2.62. The molecule has 5 nitrogen and oxygen atoms in total. The molecule has 0 spiro atoms. The van der Waals surface area contributed by atoms with Crippen LogP contribution in [0, 0.1) is 6.92 Å². The van der Waals surface area contributed by atoms with Crippen molar-refractivity contribution in [3.8, 4) is 0 Å². The van der Waals surface area contributed by atoms with Gasteiger partial charge in [0, 0.05) is 31.0 Å². The standard InChI is InChI=1S/C12H21N3O2S/c1-4-11(15(3)18(16)17)8-14-10-5-6-12(13)9(2)7-10/h5-7,11,14H,4,8,13H2,1-3H3,(H,16,17). The predicted molar refractivity (Wildman–Crippen MR) is 76.7 cm³/mol. The summed E-state index contributed by atoms with van der Waals surface area (Å²) in [7, 11) is 1.64. The summed E-state index contributed by atoms with van der Waals surface area (Å²) in [5, 5.41) is 3.26. The molecule has 0 aliphatic heterocycles. The van der Waals surface area contributed by atoms with Crippen LogP contribution in [-0.4, -0.2) is 32.7 Å². The van der Waals surface area contributed by atoms with Gasteiger partial charge in [-0.05, 0) is 37.1 Å². The SMILES string of the molecule is CCC(CNc1ccc(N)c(C)c1)N(C)S(=O)O. The number of hydrogen-bond donors (Lipinski definition) is 3. The van der Waals surface area contributed by atoms with E-state index in [-0.39, 0.29) is 6.04 Å². The highest BCUT2D eigenvalue weighted by Crippen LogP contribution is 2.17. The molecule has 0 bridgehead atoms. The average Bonchev–Trinajstić information content (AvgIpc) is 2.33. The van der Waals surface area contributed by atoms with Gasteiger partial charge in [0.25, 0.3) is 0 Å². The molecule has 6 heteroatoms. The number of anilines is 2. The fourth-order valence-corrected chi connectivity index (χ4v) is 2.16. The van der Waals surface area contributed by atoms with Crippen LogP contribution in [0.5, 0.6) is 0 Å². The number of nitrogen functional groups attached to an aromatic ring is 1. The van der Waals surface area contributed by atoms with Crippen molar-refractivity contribution in [3.63, 3.8) is 0 Å². The lowest BCUT2D eigenvalue weighted by Gasteiger charge is -2.24. The second kappa shape index (κ2) is 6.72. The fraction of sp³-hybridized carbons (Fsp3) is 0.500. The molecular formula is C12H21N3O2S. The fourth-order valence-electron chi connectivity index (χ4n) is 1.68. The summed E-state index contributed by atoms with van der Waals surface area (Å²) in [5.74, 6) is 0. The maximum absolute atomic E-state index is 11.0. The average molecular weight is 271 g/mol. The summed E-state index contributed by atoms with van der Waals surface area (Å²) in [4.78, 5) is 0. The van der Waals surface area contributed by atoms with Crippen molar-refractivity contribution in [2.45, 2.75) is 26.3 Å². The van der Waals surface area contributed by atoms with E-state index in [2.05, 4.69) is 5.32 Å². The number of nitrogens with one attached hydrogen (secondary N) is 1. The summed E-state index contributed by atoms with van der Waals surface area (Å²) in [6.07, 6.45) is 0.795. The smallest absolute Gasteiger partial charge is 0.234 e. The van der Waals surface area contributed by atoms with E-state index in [4.69, 9.17) is 10.3 Å². The normalized spacial score (nSPS) is 14.5. The lowest BCUT2D eigenvalue weighted by molar-refractivity contribution is 0.360. The van der Waals surface area contributed by atoms with E-state index in [9.17, 15) is 4.21 Å². The highest BCUT2D eigenvalue weighted by atomic mass is 32.2. The zero-order valence-corrected chi connectivity index (χ0v) is 11.8. The number of nitrogens with two attached hydrogens (primary N) is 1. The van der Waals surface area contributed by atoms with Gasteiger partial charge in [-0.2, -0.15) is 4.31 Å². The highest BCUT2D eigenvalue weighted by Gasteiger charge is 2.16. The molecule has 0 aromatic heterocycles. The van der Waals surface area contributed by atoms with E-state index in [1.807, 2.05) is 32.0 Å². The lowest BCUT2D eigenvalue weighted by Crippen LogP contribution is -2.37. The van der Waals surface area contributed by atoms with Crippen molar-refractivity contribution >= 4 is 22.6 Å². The van der Waals surface area contributed by atoms with Crippen LogP contribution in [0.15, 0.2) is 18.2 Å². The lowest BCUT2D eigenvalue weighted by atomic mass is 10.1. The Morgan fingerprint density at radius 2 is 2.22 bits per heavy atom. The van der Waals surface area contributed by atoms with Crippen molar-refractivity contribution in [1.82, 2.24) is 4.31 Å². The molecule has 102 valence electrons. The van der Waals surface area contributed by atoms with E-state index >= 15 is 0 Å². The van der Waals surface area contributed by atoms with Crippen molar-refractivity contribution in [2.75, 3.05) is 24.6 Å².